The Kier molecular flexibility index (Phi) is 10.1. The molecule has 0 radical (unpaired) electrons. The lowest BCUT2D eigenvalue weighted by molar-refractivity contribution is 0.225. The van der Waals surface area contributed by atoms with Crippen LogP contribution in [0.3, 0.4) is 0 Å². The number of hydrogen-bond donors (Lipinski definition) is 2. The number of nitrogens with one attached hydrogen (secondary N) is 2. The van der Waals surface area contributed by atoms with Gasteiger partial charge in [-0.05, 0) is 19.8 Å². The molecular weight excluding hydrogens is 338 g/mol. The SMILES string of the molecule is C=CCN1CCC(NC(=NCCS(=O)(=O)N(CC)CC)NCC)CC1. The van der Waals surface area contributed by atoms with Gasteiger partial charge in [0.05, 0.1) is 12.3 Å². The summed E-state index contributed by atoms with van der Waals surface area (Å²) in [6, 6.07) is 0.373. The maximum atomic E-state index is 12.2. The van der Waals surface area contributed by atoms with Gasteiger partial charge in [-0.1, -0.05) is 19.9 Å². The minimum atomic E-state index is -3.23. The van der Waals surface area contributed by atoms with Crippen molar-refractivity contribution in [2.45, 2.75) is 39.7 Å². The van der Waals surface area contributed by atoms with Gasteiger partial charge >= 0.3 is 0 Å². The van der Waals surface area contributed by atoms with Crippen LogP contribution in [0.2, 0.25) is 0 Å². The molecular formula is C17H35N5O2S. The Bertz CT molecular complexity index is 509. The van der Waals surface area contributed by atoms with E-state index in [0.717, 1.165) is 39.0 Å². The Morgan fingerprint density at radius 3 is 2.44 bits per heavy atom. The van der Waals surface area contributed by atoms with Gasteiger partial charge in [0, 0.05) is 45.3 Å². The normalized spacial score (nSPS) is 17.7. The Hall–Kier alpha value is -1.12. The topological polar surface area (TPSA) is 77.0 Å². The molecule has 0 aromatic carbocycles. The van der Waals surface area contributed by atoms with Crippen LogP contribution in [0.25, 0.3) is 0 Å². The third-order valence-electron chi connectivity index (χ3n) is 4.38. The van der Waals surface area contributed by atoms with Gasteiger partial charge in [0.1, 0.15) is 0 Å². The molecule has 2 N–H and O–H groups in total. The second-order valence-electron chi connectivity index (χ2n) is 6.17. The van der Waals surface area contributed by atoms with Gasteiger partial charge in [0.2, 0.25) is 10.0 Å². The maximum Gasteiger partial charge on any atom is 0.215 e. The summed E-state index contributed by atoms with van der Waals surface area (Å²) in [4.78, 5) is 6.84. The summed E-state index contributed by atoms with van der Waals surface area (Å²) in [5, 5.41) is 6.65. The van der Waals surface area contributed by atoms with Crippen molar-refractivity contribution in [3.63, 3.8) is 0 Å². The molecule has 0 unspecified atom stereocenters. The fourth-order valence-electron chi connectivity index (χ4n) is 2.97. The Morgan fingerprint density at radius 1 is 1.28 bits per heavy atom. The third-order valence-corrected chi connectivity index (χ3v) is 6.38. The van der Waals surface area contributed by atoms with E-state index in [0.29, 0.717) is 25.1 Å². The molecule has 7 nitrogen and oxygen atoms in total. The highest BCUT2D eigenvalue weighted by Crippen LogP contribution is 2.10. The van der Waals surface area contributed by atoms with E-state index in [9.17, 15) is 8.42 Å². The molecule has 1 aliphatic heterocycles. The fourth-order valence-corrected chi connectivity index (χ4v) is 4.34. The van der Waals surface area contributed by atoms with Crippen molar-refractivity contribution in [2.75, 3.05) is 51.6 Å². The number of guanidine groups is 1. The average Bonchev–Trinajstić information content (AvgIpc) is 2.57. The lowest BCUT2D eigenvalue weighted by Crippen LogP contribution is -2.48. The van der Waals surface area contributed by atoms with Crippen LogP contribution < -0.4 is 10.6 Å². The molecule has 0 saturated carbocycles. The van der Waals surface area contributed by atoms with Crippen LogP contribution in [0.1, 0.15) is 33.6 Å². The molecule has 1 saturated heterocycles. The van der Waals surface area contributed by atoms with Crippen LogP contribution in [0.4, 0.5) is 0 Å². The van der Waals surface area contributed by atoms with Crippen LogP contribution in [-0.4, -0.2) is 81.2 Å². The molecule has 0 amide bonds. The van der Waals surface area contributed by atoms with Crippen LogP contribution in [-0.2, 0) is 10.0 Å². The standard InChI is InChI=1S/C17H35N5O2S/c1-5-12-21-13-9-16(10-14-21)20-17(18-6-2)19-11-15-25(23,24)22(7-3)8-4/h5,16H,1,6-15H2,2-4H3,(H2,18,19,20). The largest absolute Gasteiger partial charge is 0.357 e. The molecule has 0 aromatic rings. The van der Waals surface area contributed by atoms with Gasteiger partial charge in [-0.2, -0.15) is 0 Å². The highest BCUT2D eigenvalue weighted by atomic mass is 32.2. The summed E-state index contributed by atoms with van der Waals surface area (Å²) in [5.74, 6) is 0.752. The van der Waals surface area contributed by atoms with Gasteiger partial charge in [0.25, 0.3) is 0 Å². The molecule has 25 heavy (non-hydrogen) atoms. The Balaban J connectivity index is 2.53. The number of sulfonamides is 1. The number of rotatable bonds is 10. The first-order chi connectivity index (χ1) is 12.0. The Labute approximate surface area is 153 Å². The van der Waals surface area contributed by atoms with Crippen LogP contribution in [0.5, 0.6) is 0 Å². The van der Waals surface area contributed by atoms with E-state index >= 15 is 0 Å². The molecule has 8 heteroatoms. The van der Waals surface area contributed by atoms with E-state index < -0.39 is 10.0 Å². The first kappa shape index (κ1) is 21.9. The first-order valence-electron chi connectivity index (χ1n) is 9.32. The maximum absolute atomic E-state index is 12.2. The molecule has 146 valence electrons. The minimum absolute atomic E-state index is 0.0447. The van der Waals surface area contributed by atoms with Gasteiger partial charge in [-0.25, -0.2) is 12.7 Å². The predicted octanol–water partition coefficient (Wildman–Crippen LogP) is 0.864. The van der Waals surface area contributed by atoms with Crippen LogP contribution >= 0.6 is 0 Å². The second kappa shape index (κ2) is 11.5. The van der Waals surface area contributed by atoms with Crippen molar-refractivity contribution >= 4 is 16.0 Å². The van der Waals surface area contributed by atoms with Crippen molar-refractivity contribution < 1.29 is 8.42 Å². The smallest absolute Gasteiger partial charge is 0.215 e. The summed E-state index contributed by atoms with van der Waals surface area (Å²) < 4.78 is 25.9. The number of nitrogens with zero attached hydrogens (tertiary/aromatic N) is 3. The molecule has 1 rings (SSSR count). The summed E-state index contributed by atoms with van der Waals surface area (Å²) in [5.41, 5.74) is 0. The molecule has 1 fully saturated rings. The highest BCUT2D eigenvalue weighted by molar-refractivity contribution is 7.89. The van der Waals surface area contributed by atoms with E-state index in [1.54, 1.807) is 0 Å². The van der Waals surface area contributed by atoms with Gasteiger partial charge in [-0.15, -0.1) is 6.58 Å². The van der Waals surface area contributed by atoms with E-state index in [1.165, 1.54) is 4.31 Å². The van der Waals surface area contributed by atoms with Gasteiger partial charge in [0.15, 0.2) is 5.96 Å². The predicted molar refractivity (Wildman–Crippen MR) is 105 cm³/mol. The number of aliphatic imine (C=N–C) groups is 1. The van der Waals surface area contributed by atoms with Crippen molar-refractivity contribution in [3.05, 3.63) is 12.7 Å². The third kappa shape index (κ3) is 7.75. The molecule has 0 spiro atoms. The summed E-state index contributed by atoms with van der Waals surface area (Å²) in [6.07, 6.45) is 4.04. The van der Waals surface area contributed by atoms with Crippen molar-refractivity contribution in [2.24, 2.45) is 4.99 Å². The zero-order valence-corrected chi connectivity index (χ0v) is 16.8. The van der Waals surface area contributed by atoms with Crippen molar-refractivity contribution in [1.82, 2.24) is 19.8 Å². The molecule has 0 aliphatic carbocycles. The van der Waals surface area contributed by atoms with Gasteiger partial charge in [-0.3, -0.25) is 9.89 Å². The molecule has 0 aromatic heterocycles. The highest BCUT2D eigenvalue weighted by Gasteiger charge is 2.20. The number of piperidine rings is 1. The quantitative estimate of drug-likeness (QED) is 0.337. The van der Waals surface area contributed by atoms with E-state index in [1.807, 2.05) is 26.8 Å². The van der Waals surface area contributed by atoms with Crippen LogP contribution in [0.15, 0.2) is 17.6 Å². The van der Waals surface area contributed by atoms with Crippen molar-refractivity contribution in [1.29, 1.82) is 0 Å². The summed E-state index contributed by atoms with van der Waals surface area (Å²) >= 11 is 0. The average molecular weight is 374 g/mol. The van der Waals surface area contributed by atoms with Crippen LogP contribution in [0, 0.1) is 0 Å². The monoisotopic (exact) mass is 373 g/mol. The first-order valence-corrected chi connectivity index (χ1v) is 10.9. The molecule has 0 atom stereocenters. The molecule has 0 bridgehead atoms. The molecule has 1 aliphatic rings. The van der Waals surface area contributed by atoms with E-state index in [4.69, 9.17) is 0 Å². The Morgan fingerprint density at radius 2 is 1.92 bits per heavy atom. The van der Waals surface area contributed by atoms with Crippen molar-refractivity contribution in [3.8, 4) is 0 Å². The number of likely N-dealkylation sites (tertiary alicyclic amines) is 1. The zero-order valence-electron chi connectivity index (χ0n) is 16.0. The van der Waals surface area contributed by atoms with E-state index in [2.05, 4.69) is 27.1 Å². The summed E-state index contributed by atoms with van der Waals surface area (Å²) in [7, 11) is -3.23. The van der Waals surface area contributed by atoms with E-state index in [-0.39, 0.29) is 12.3 Å². The van der Waals surface area contributed by atoms with Gasteiger partial charge < -0.3 is 10.6 Å². The zero-order chi connectivity index (χ0) is 18.7. The summed E-state index contributed by atoms with van der Waals surface area (Å²) in [6.45, 7) is 14.6. The number of hydrogen-bond acceptors (Lipinski definition) is 4. The lowest BCUT2D eigenvalue weighted by Gasteiger charge is -2.32. The minimum Gasteiger partial charge on any atom is -0.357 e. The molecule has 1 heterocycles. The second-order valence-corrected chi connectivity index (χ2v) is 8.26. The lowest BCUT2D eigenvalue weighted by atomic mass is 10.1. The fraction of sp³-hybridized carbons (Fsp3) is 0.824.